The summed E-state index contributed by atoms with van der Waals surface area (Å²) in [5.41, 5.74) is 0. The zero-order valence-corrected chi connectivity index (χ0v) is 13.5. The lowest BCUT2D eigenvalue weighted by Gasteiger charge is -2.15. The maximum atomic E-state index is 12.0. The molecule has 0 fully saturated rings. The van der Waals surface area contributed by atoms with E-state index in [0.29, 0.717) is 11.0 Å². The molecule has 1 amide bonds. The zero-order valence-electron chi connectivity index (χ0n) is 10.4. The van der Waals surface area contributed by atoms with Crippen molar-refractivity contribution in [2.75, 3.05) is 20.1 Å². The van der Waals surface area contributed by atoms with Crippen molar-refractivity contribution < 1.29 is 13.2 Å². The molecular formula is C10H13BrClN3O3S. The van der Waals surface area contributed by atoms with Crippen molar-refractivity contribution in [3.8, 4) is 0 Å². The topological polar surface area (TPSA) is 79.4 Å². The van der Waals surface area contributed by atoms with Gasteiger partial charge in [-0.25, -0.2) is 18.1 Å². The predicted octanol–water partition coefficient (Wildman–Crippen LogP) is 1.25. The number of sulfonamides is 1. The van der Waals surface area contributed by atoms with Gasteiger partial charge in [-0.1, -0.05) is 11.6 Å². The molecule has 0 radical (unpaired) electrons. The minimum Gasteiger partial charge on any atom is -0.345 e. The summed E-state index contributed by atoms with van der Waals surface area (Å²) < 4.78 is 26.7. The molecule has 0 unspecified atom stereocenters. The third-order valence-corrected chi connectivity index (χ3v) is 4.64. The normalized spacial score (nSPS) is 11.4. The molecule has 0 saturated heterocycles. The number of hydrogen-bond acceptors (Lipinski definition) is 4. The first-order valence-corrected chi connectivity index (χ1v) is 7.98. The molecule has 1 aromatic heterocycles. The van der Waals surface area contributed by atoms with Gasteiger partial charge in [-0.3, -0.25) is 4.79 Å². The molecule has 19 heavy (non-hydrogen) atoms. The number of rotatable bonds is 5. The summed E-state index contributed by atoms with van der Waals surface area (Å²) in [7, 11) is -2.28. The van der Waals surface area contributed by atoms with Gasteiger partial charge in [0.15, 0.2) is 0 Å². The van der Waals surface area contributed by atoms with Crippen LogP contribution in [-0.2, 0) is 14.8 Å². The van der Waals surface area contributed by atoms with Crippen LogP contribution in [-0.4, -0.2) is 44.3 Å². The van der Waals surface area contributed by atoms with Crippen LogP contribution in [0.4, 0.5) is 0 Å². The summed E-state index contributed by atoms with van der Waals surface area (Å²) in [6, 6.07) is 1.33. The van der Waals surface area contributed by atoms with Crippen LogP contribution in [0.1, 0.15) is 6.92 Å². The van der Waals surface area contributed by atoms with E-state index < -0.39 is 10.0 Å². The zero-order chi connectivity index (χ0) is 14.6. The van der Waals surface area contributed by atoms with E-state index in [9.17, 15) is 13.2 Å². The van der Waals surface area contributed by atoms with Crippen LogP contribution in [0, 0.1) is 0 Å². The quantitative estimate of drug-likeness (QED) is 0.791. The molecule has 1 rings (SSSR count). The highest BCUT2D eigenvalue weighted by Gasteiger charge is 2.21. The molecule has 106 valence electrons. The third kappa shape index (κ3) is 4.41. The fraction of sp³-hybridized carbons (Fsp3) is 0.400. The Hall–Kier alpha value is -0.700. The van der Waals surface area contributed by atoms with Gasteiger partial charge >= 0.3 is 0 Å². The van der Waals surface area contributed by atoms with Gasteiger partial charge in [-0.2, -0.15) is 0 Å². The van der Waals surface area contributed by atoms with E-state index in [1.165, 1.54) is 17.2 Å². The molecule has 0 atom stereocenters. The highest BCUT2D eigenvalue weighted by atomic mass is 79.9. The summed E-state index contributed by atoms with van der Waals surface area (Å²) in [5.74, 6) is -0.329. The maximum absolute atomic E-state index is 12.0. The lowest BCUT2D eigenvalue weighted by atomic mass is 10.5. The van der Waals surface area contributed by atoms with Gasteiger partial charge in [0, 0.05) is 24.3 Å². The summed E-state index contributed by atoms with van der Waals surface area (Å²) in [6.45, 7) is 1.97. The fourth-order valence-electron chi connectivity index (χ4n) is 1.14. The molecular weight excluding hydrogens is 358 g/mol. The minimum absolute atomic E-state index is 0.146. The second kappa shape index (κ2) is 6.65. The molecule has 0 saturated carbocycles. The van der Waals surface area contributed by atoms with Gasteiger partial charge in [0.25, 0.3) is 0 Å². The van der Waals surface area contributed by atoms with E-state index in [-0.39, 0.29) is 22.5 Å². The number of nitrogens with one attached hydrogen (secondary N) is 1. The van der Waals surface area contributed by atoms with Crippen LogP contribution in [0.15, 0.2) is 21.6 Å². The fourth-order valence-corrected chi connectivity index (χ4v) is 3.05. The minimum atomic E-state index is -3.87. The average molecular weight is 371 g/mol. The van der Waals surface area contributed by atoms with E-state index in [1.807, 2.05) is 0 Å². The number of carbonyl (C=O) groups excluding carboxylic acids is 1. The number of aromatic nitrogens is 1. The molecule has 0 aliphatic carbocycles. The molecule has 6 nitrogen and oxygen atoms in total. The standard InChI is InChI=1S/C10H13BrClN3O3S/c1-3-15(2)9(16)6-14-19(17,18)8-4-7(11)5-13-10(8)12/h4-5,14H,3,6H2,1-2H3. The number of amides is 1. The summed E-state index contributed by atoms with van der Waals surface area (Å²) in [4.78, 5) is 16.5. The molecule has 1 aromatic rings. The first-order valence-electron chi connectivity index (χ1n) is 5.32. The number of pyridine rings is 1. The first-order chi connectivity index (χ1) is 8.77. The van der Waals surface area contributed by atoms with Gasteiger partial charge in [-0.15, -0.1) is 0 Å². The molecule has 9 heteroatoms. The molecule has 1 N–H and O–H groups in total. The van der Waals surface area contributed by atoms with Crippen LogP contribution in [0.5, 0.6) is 0 Å². The van der Waals surface area contributed by atoms with Crippen molar-refractivity contribution in [2.45, 2.75) is 11.8 Å². The second-order valence-corrected chi connectivity index (χ2v) is 6.68. The Morgan fingerprint density at radius 3 is 2.79 bits per heavy atom. The predicted molar refractivity (Wildman–Crippen MR) is 75.4 cm³/mol. The smallest absolute Gasteiger partial charge is 0.244 e. The third-order valence-electron chi connectivity index (χ3n) is 2.38. The largest absolute Gasteiger partial charge is 0.345 e. The van der Waals surface area contributed by atoms with Crippen molar-refractivity contribution in [1.82, 2.24) is 14.6 Å². The molecule has 0 bridgehead atoms. The Kier molecular flexibility index (Phi) is 5.72. The van der Waals surface area contributed by atoms with E-state index in [0.717, 1.165) is 0 Å². The lowest BCUT2D eigenvalue weighted by molar-refractivity contribution is -0.128. The van der Waals surface area contributed by atoms with Crippen LogP contribution < -0.4 is 4.72 Å². The van der Waals surface area contributed by atoms with Crippen molar-refractivity contribution in [2.24, 2.45) is 0 Å². The second-order valence-electron chi connectivity index (χ2n) is 3.67. The van der Waals surface area contributed by atoms with E-state index >= 15 is 0 Å². The Labute approximate surface area is 125 Å². The van der Waals surface area contributed by atoms with Gasteiger partial charge in [0.2, 0.25) is 15.9 Å². The molecule has 0 spiro atoms. The highest BCUT2D eigenvalue weighted by Crippen LogP contribution is 2.22. The summed E-state index contributed by atoms with van der Waals surface area (Å²) in [6.07, 6.45) is 1.39. The summed E-state index contributed by atoms with van der Waals surface area (Å²) >= 11 is 8.85. The average Bonchev–Trinajstić information content (AvgIpc) is 2.37. The van der Waals surface area contributed by atoms with Gasteiger partial charge in [0.1, 0.15) is 10.0 Å². The monoisotopic (exact) mass is 369 g/mol. The molecule has 1 heterocycles. The van der Waals surface area contributed by atoms with Crippen LogP contribution in [0.25, 0.3) is 0 Å². The van der Waals surface area contributed by atoms with Crippen molar-refractivity contribution in [3.05, 3.63) is 21.9 Å². The highest BCUT2D eigenvalue weighted by molar-refractivity contribution is 9.10. The van der Waals surface area contributed by atoms with Crippen LogP contribution in [0.2, 0.25) is 5.15 Å². The number of likely N-dealkylation sites (N-methyl/N-ethyl adjacent to an activating group) is 1. The molecule has 0 aromatic carbocycles. The number of nitrogens with zero attached hydrogens (tertiary/aromatic N) is 2. The Morgan fingerprint density at radius 2 is 2.21 bits per heavy atom. The first kappa shape index (κ1) is 16.4. The lowest BCUT2D eigenvalue weighted by Crippen LogP contribution is -2.38. The van der Waals surface area contributed by atoms with Gasteiger partial charge in [0.05, 0.1) is 6.54 Å². The van der Waals surface area contributed by atoms with Crippen LogP contribution >= 0.6 is 27.5 Å². The van der Waals surface area contributed by atoms with E-state index in [1.54, 1.807) is 14.0 Å². The van der Waals surface area contributed by atoms with Crippen molar-refractivity contribution in [3.63, 3.8) is 0 Å². The van der Waals surface area contributed by atoms with E-state index in [4.69, 9.17) is 11.6 Å². The van der Waals surface area contributed by atoms with Gasteiger partial charge < -0.3 is 4.90 Å². The van der Waals surface area contributed by atoms with E-state index in [2.05, 4.69) is 25.6 Å². The number of carbonyl (C=O) groups is 1. The van der Waals surface area contributed by atoms with Gasteiger partial charge in [-0.05, 0) is 28.9 Å². The Morgan fingerprint density at radius 1 is 1.58 bits per heavy atom. The number of halogens is 2. The molecule has 0 aliphatic rings. The Balaban J connectivity index is 2.88. The molecule has 0 aliphatic heterocycles. The maximum Gasteiger partial charge on any atom is 0.244 e. The van der Waals surface area contributed by atoms with Crippen LogP contribution in [0.3, 0.4) is 0 Å². The SMILES string of the molecule is CCN(C)C(=O)CNS(=O)(=O)c1cc(Br)cnc1Cl. The summed E-state index contributed by atoms with van der Waals surface area (Å²) in [5, 5.41) is -0.146. The van der Waals surface area contributed by atoms with Crippen molar-refractivity contribution >= 4 is 43.5 Å². The Bertz CT molecular complexity index is 579. The van der Waals surface area contributed by atoms with Crippen molar-refractivity contribution in [1.29, 1.82) is 0 Å². The number of hydrogen-bond donors (Lipinski definition) is 1.